The number of amides is 1. The average molecular weight is 347 g/mol. The summed E-state index contributed by atoms with van der Waals surface area (Å²) < 4.78 is 30.0. The summed E-state index contributed by atoms with van der Waals surface area (Å²) >= 11 is 0. The van der Waals surface area contributed by atoms with Gasteiger partial charge in [-0.25, -0.2) is 12.7 Å². The van der Waals surface area contributed by atoms with Crippen molar-refractivity contribution in [1.29, 1.82) is 0 Å². The summed E-state index contributed by atoms with van der Waals surface area (Å²) in [4.78, 5) is 17.0. The zero-order valence-corrected chi connectivity index (χ0v) is 15.1. The molecule has 1 amide bonds. The highest BCUT2D eigenvalue weighted by atomic mass is 32.2. The highest BCUT2D eigenvalue weighted by molar-refractivity contribution is 7.88. The molecular formula is C15H29N3O4S. The van der Waals surface area contributed by atoms with Crippen molar-refractivity contribution in [2.75, 3.05) is 65.8 Å². The minimum Gasteiger partial charge on any atom is -0.383 e. The molecule has 134 valence electrons. The number of nitrogens with zero attached hydrogens (tertiary/aromatic N) is 3. The smallest absolute Gasteiger partial charge is 0.227 e. The second-order valence-electron chi connectivity index (χ2n) is 6.47. The first-order valence-electron chi connectivity index (χ1n) is 8.37. The van der Waals surface area contributed by atoms with Gasteiger partial charge in [-0.2, -0.15) is 0 Å². The van der Waals surface area contributed by atoms with E-state index in [0.29, 0.717) is 19.7 Å². The molecule has 0 aromatic rings. The Morgan fingerprint density at radius 2 is 1.91 bits per heavy atom. The van der Waals surface area contributed by atoms with Crippen LogP contribution in [0.15, 0.2) is 0 Å². The lowest BCUT2D eigenvalue weighted by Gasteiger charge is -2.33. The Labute approximate surface area is 139 Å². The number of hydrogen-bond donors (Lipinski definition) is 0. The molecule has 1 atom stereocenters. The second kappa shape index (κ2) is 8.41. The van der Waals surface area contributed by atoms with Crippen molar-refractivity contribution in [2.24, 2.45) is 5.92 Å². The third-order valence-corrected chi connectivity index (χ3v) is 5.98. The maximum atomic E-state index is 12.8. The van der Waals surface area contributed by atoms with Crippen LogP contribution in [0.4, 0.5) is 0 Å². The van der Waals surface area contributed by atoms with Crippen LogP contribution in [0.1, 0.15) is 19.3 Å². The number of piperidine rings is 1. The average Bonchev–Trinajstić information content (AvgIpc) is 2.77. The molecule has 0 aromatic heterocycles. The van der Waals surface area contributed by atoms with Crippen molar-refractivity contribution in [3.8, 4) is 0 Å². The van der Waals surface area contributed by atoms with Gasteiger partial charge < -0.3 is 9.64 Å². The van der Waals surface area contributed by atoms with E-state index in [0.717, 1.165) is 52.0 Å². The number of rotatable bonds is 5. The van der Waals surface area contributed by atoms with Gasteiger partial charge >= 0.3 is 0 Å². The minimum atomic E-state index is -3.21. The number of carbonyl (C=O) groups excluding carboxylic acids is 1. The molecule has 2 saturated heterocycles. The zero-order chi connectivity index (χ0) is 16.9. The fourth-order valence-electron chi connectivity index (χ4n) is 3.34. The SMILES string of the molecule is COCCN1CCCN(C(=O)C2CCCN(S(C)(=O)=O)C2)CC1. The van der Waals surface area contributed by atoms with E-state index in [2.05, 4.69) is 4.90 Å². The number of sulfonamides is 1. The van der Waals surface area contributed by atoms with Crippen LogP contribution in [0.2, 0.25) is 0 Å². The Bertz CT molecular complexity index is 497. The standard InChI is InChI=1S/C15H29N3O4S/c1-22-12-11-16-6-4-7-17(10-9-16)15(19)14-5-3-8-18(13-14)23(2,20)21/h14H,3-13H2,1-2H3. The van der Waals surface area contributed by atoms with E-state index in [1.54, 1.807) is 7.11 Å². The molecule has 2 aliphatic heterocycles. The fourth-order valence-corrected chi connectivity index (χ4v) is 4.25. The Morgan fingerprint density at radius 1 is 1.13 bits per heavy atom. The van der Waals surface area contributed by atoms with Gasteiger partial charge in [-0.1, -0.05) is 0 Å². The van der Waals surface area contributed by atoms with E-state index < -0.39 is 10.0 Å². The molecule has 0 spiro atoms. The monoisotopic (exact) mass is 347 g/mol. The van der Waals surface area contributed by atoms with E-state index >= 15 is 0 Å². The van der Waals surface area contributed by atoms with Crippen LogP contribution in [0.5, 0.6) is 0 Å². The van der Waals surface area contributed by atoms with Crippen LogP contribution in [-0.4, -0.2) is 94.2 Å². The maximum Gasteiger partial charge on any atom is 0.227 e. The van der Waals surface area contributed by atoms with Crippen LogP contribution in [0, 0.1) is 5.92 Å². The highest BCUT2D eigenvalue weighted by Gasteiger charge is 2.33. The van der Waals surface area contributed by atoms with Crippen molar-refractivity contribution < 1.29 is 17.9 Å². The Balaban J connectivity index is 1.89. The molecule has 2 fully saturated rings. The normalized spacial score (nSPS) is 25.3. The summed E-state index contributed by atoms with van der Waals surface area (Å²) in [7, 11) is -1.51. The molecule has 2 aliphatic rings. The lowest BCUT2D eigenvalue weighted by molar-refractivity contribution is -0.136. The van der Waals surface area contributed by atoms with Crippen LogP contribution < -0.4 is 0 Å². The number of hydrogen-bond acceptors (Lipinski definition) is 5. The van der Waals surface area contributed by atoms with Crippen molar-refractivity contribution in [2.45, 2.75) is 19.3 Å². The summed E-state index contributed by atoms with van der Waals surface area (Å²) in [6, 6.07) is 0. The van der Waals surface area contributed by atoms with Crippen molar-refractivity contribution in [1.82, 2.24) is 14.1 Å². The van der Waals surface area contributed by atoms with Crippen LogP contribution in [0.25, 0.3) is 0 Å². The summed E-state index contributed by atoms with van der Waals surface area (Å²) in [6.45, 7) is 5.79. The molecule has 8 heteroatoms. The van der Waals surface area contributed by atoms with Gasteiger partial charge in [0.15, 0.2) is 0 Å². The quantitative estimate of drug-likeness (QED) is 0.691. The maximum absolute atomic E-state index is 12.8. The van der Waals surface area contributed by atoms with Crippen molar-refractivity contribution in [3.05, 3.63) is 0 Å². The summed E-state index contributed by atoms with van der Waals surface area (Å²) in [6.07, 6.45) is 3.73. The highest BCUT2D eigenvalue weighted by Crippen LogP contribution is 2.21. The molecule has 0 aliphatic carbocycles. The van der Waals surface area contributed by atoms with Gasteiger partial charge in [0, 0.05) is 46.4 Å². The van der Waals surface area contributed by atoms with E-state index in [1.165, 1.54) is 10.6 Å². The molecule has 0 saturated carbocycles. The third-order valence-electron chi connectivity index (χ3n) is 4.71. The Morgan fingerprint density at radius 3 is 2.61 bits per heavy atom. The molecule has 0 aromatic carbocycles. The van der Waals surface area contributed by atoms with Gasteiger partial charge in [0.1, 0.15) is 0 Å². The first-order chi connectivity index (χ1) is 10.9. The van der Waals surface area contributed by atoms with E-state index in [-0.39, 0.29) is 11.8 Å². The van der Waals surface area contributed by atoms with Gasteiger partial charge in [-0.3, -0.25) is 9.69 Å². The molecule has 2 rings (SSSR count). The minimum absolute atomic E-state index is 0.118. The van der Waals surface area contributed by atoms with E-state index in [9.17, 15) is 13.2 Å². The number of carbonyl (C=O) groups is 1. The molecule has 7 nitrogen and oxygen atoms in total. The lowest BCUT2D eigenvalue weighted by atomic mass is 9.98. The van der Waals surface area contributed by atoms with Crippen LogP contribution in [-0.2, 0) is 19.6 Å². The molecule has 23 heavy (non-hydrogen) atoms. The largest absolute Gasteiger partial charge is 0.383 e. The molecule has 2 heterocycles. The number of methoxy groups -OCH3 is 1. The van der Waals surface area contributed by atoms with Crippen LogP contribution in [0.3, 0.4) is 0 Å². The van der Waals surface area contributed by atoms with Crippen LogP contribution >= 0.6 is 0 Å². The van der Waals surface area contributed by atoms with Crippen molar-refractivity contribution in [3.63, 3.8) is 0 Å². The molecule has 0 bridgehead atoms. The van der Waals surface area contributed by atoms with Gasteiger partial charge in [-0.15, -0.1) is 0 Å². The summed E-state index contributed by atoms with van der Waals surface area (Å²) in [5.74, 6) is -0.0732. The second-order valence-corrected chi connectivity index (χ2v) is 8.46. The van der Waals surface area contributed by atoms with E-state index in [4.69, 9.17) is 4.74 Å². The molecular weight excluding hydrogens is 318 g/mol. The first-order valence-corrected chi connectivity index (χ1v) is 10.2. The predicted molar refractivity (Wildman–Crippen MR) is 88.7 cm³/mol. The summed E-state index contributed by atoms with van der Waals surface area (Å²) in [5.41, 5.74) is 0. The topological polar surface area (TPSA) is 70.2 Å². The lowest BCUT2D eigenvalue weighted by Crippen LogP contribution is -2.47. The zero-order valence-electron chi connectivity index (χ0n) is 14.2. The van der Waals surface area contributed by atoms with Gasteiger partial charge in [0.05, 0.1) is 18.8 Å². The van der Waals surface area contributed by atoms with Crippen molar-refractivity contribution >= 4 is 15.9 Å². The van der Waals surface area contributed by atoms with Gasteiger partial charge in [0.2, 0.25) is 15.9 Å². The van der Waals surface area contributed by atoms with Gasteiger partial charge in [-0.05, 0) is 25.8 Å². The summed E-state index contributed by atoms with van der Waals surface area (Å²) in [5, 5.41) is 0. The van der Waals surface area contributed by atoms with Gasteiger partial charge in [0.25, 0.3) is 0 Å². The Kier molecular flexibility index (Phi) is 6.82. The fraction of sp³-hybridized carbons (Fsp3) is 0.933. The van der Waals surface area contributed by atoms with E-state index in [1.807, 2.05) is 4.90 Å². The Hall–Kier alpha value is -0.700. The first kappa shape index (κ1) is 18.6. The predicted octanol–water partition coefficient (Wildman–Crippen LogP) is -0.161. The third kappa shape index (κ3) is 5.41. The molecule has 0 radical (unpaired) electrons. The molecule has 1 unspecified atom stereocenters. The molecule has 0 N–H and O–H groups in total. The number of ether oxygens (including phenoxy) is 1.